The average Bonchev–Trinajstić information content (AvgIpc) is 3.24. The fourth-order valence-electron chi connectivity index (χ4n) is 1.88. The first-order chi connectivity index (χ1) is 9.98. The lowest BCUT2D eigenvalue weighted by Gasteiger charge is -2.19. The van der Waals surface area contributed by atoms with Crippen molar-refractivity contribution in [2.45, 2.75) is 58.5 Å². The van der Waals surface area contributed by atoms with Gasteiger partial charge in [0.15, 0.2) is 0 Å². The Kier molecular flexibility index (Phi) is 5.39. The average molecular weight is 293 g/mol. The van der Waals surface area contributed by atoms with Crippen LogP contribution in [0.3, 0.4) is 0 Å². The molecule has 5 heteroatoms. The predicted octanol–water partition coefficient (Wildman–Crippen LogP) is 3.37. The maximum Gasteiger partial charge on any atom is 0.218 e. The fourth-order valence-corrected chi connectivity index (χ4v) is 1.88. The summed E-state index contributed by atoms with van der Waals surface area (Å²) in [5, 5.41) is 3.31. The van der Waals surface area contributed by atoms with Crippen molar-refractivity contribution in [1.29, 1.82) is 0 Å². The molecule has 0 radical (unpaired) electrons. The topological polar surface area (TPSA) is 56.3 Å². The maximum absolute atomic E-state index is 5.72. The van der Waals surface area contributed by atoms with Gasteiger partial charge in [0, 0.05) is 18.5 Å². The minimum absolute atomic E-state index is 0.137. The van der Waals surface area contributed by atoms with Gasteiger partial charge >= 0.3 is 0 Å². The van der Waals surface area contributed by atoms with E-state index in [-0.39, 0.29) is 5.60 Å². The van der Waals surface area contributed by atoms with E-state index < -0.39 is 0 Å². The second kappa shape index (κ2) is 7.07. The standard InChI is InChI=1S/C16H27N3O2/c1-5-8-17-13-11-14(19-15(18-13)12-6-7-12)20-9-10-21-16(2,3)4/h11-12H,5-10H2,1-4H3,(H,17,18,19). The number of hydrogen-bond donors (Lipinski definition) is 1. The molecule has 1 aromatic heterocycles. The van der Waals surface area contributed by atoms with E-state index in [0.29, 0.717) is 25.0 Å². The lowest BCUT2D eigenvalue weighted by Crippen LogP contribution is -2.22. The molecule has 1 aromatic rings. The largest absolute Gasteiger partial charge is 0.475 e. The first-order valence-corrected chi connectivity index (χ1v) is 7.87. The van der Waals surface area contributed by atoms with Crippen molar-refractivity contribution in [3.8, 4) is 5.88 Å². The number of nitrogens with one attached hydrogen (secondary N) is 1. The van der Waals surface area contributed by atoms with Crippen LogP contribution in [0.25, 0.3) is 0 Å². The van der Waals surface area contributed by atoms with Crippen LogP contribution in [0.15, 0.2) is 6.07 Å². The van der Waals surface area contributed by atoms with Crippen LogP contribution in [0.2, 0.25) is 0 Å². The Hall–Kier alpha value is -1.36. The molecule has 1 fully saturated rings. The molecule has 1 aliphatic carbocycles. The van der Waals surface area contributed by atoms with Gasteiger partial charge in [-0.3, -0.25) is 0 Å². The van der Waals surface area contributed by atoms with Crippen LogP contribution < -0.4 is 10.1 Å². The van der Waals surface area contributed by atoms with Crippen LogP contribution in [0, 0.1) is 0 Å². The maximum atomic E-state index is 5.72. The molecule has 2 rings (SSSR count). The zero-order valence-corrected chi connectivity index (χ0v) is 13.6. The Labute approximate surface area is 127 Å². The molecule has 0 bridgehead atoms. The molecule has 118 valence electrons. The molecule has 1 aliphatic rings. The number of aromatic nitrogens is 2. The number of nitrogens with zero attached hydrogens (tertiary/aromatic N) is 2. The van der Waals surface area contributed by atoms with E-state index in [0.717, 1.165) is 24.6 Å². The van der Waals surface area contributed by atoms with E-state index in [2.05, 4.69) is 22.2 Å². The first-order valence-electron chi connectivity index (χ1n) is 7.87. The van der Waals surface area contributed by atoms with Crippen molar-refractivity contribution in [2.75, 3.05) is 25.1 Å². The monoisotopic (exact) mass is 293 g/mol. The molecular weight excluding hydrogens is 266 g/mol. The highest BCUT2D eigenvalue weighted by atomic mass is 16.5. The third kappa shape index (κ3) is 5.87. The summed E-state index contributed by atoms with van der Waals surface area (Å²) in [6, 6.07) is 1.87. The van der Waals surface area contributed by atoms with Gasteiger partial charge < -0.3 is 14.8 Å². The molecule has 21 heavy (non-hydrogen) atoms. The van der Waals surface area contributed by atoms with E-state index in [1.807, 2.05) is 26.8 Å². The molecule has 0 unspecified atom stereocenters. The smallest absolute Gasteiger partial charge is 0.218 e. The summed E-state index contributed by atoms with van der Waals surface area (Å²) in [6.45, 7) is 10.2. The number of rotatable bonds is 8. The molecule has 5 nitrogen and oxygen atoms in total. The van der Waals surface area contributed by atoms with Gasteiger partial charge in [-0.25, -0.2) is 4.98 Å². The third-order valence-electron chi connectivity index (χ3n) is 3.09. The Morgan fingerprint density at radius 1 is 1.24 bits per heavy atom. The quantitative estimate of drug-likeness (QED) is 0.745. The summed E-state index contributed by atoms with van der Waals surface area (Å²) in [7, 11) is 0. The van der Waals surface area contributed by atoms with Crippen LogP contribution in [-0.4, -0.2) is 35.3 Å². The van der Waals surface area contributed by atoms with E-state index in [1.54, 1.807) is 0 Å². The summed E-state index contributed by atoms with van der Waals surface area (Å²) in [5.41, 5.74) is -0.137. The molecule has 0 atom stereocenters. The Bertz CT molecular complexity index is 453. The van der Waals surface area contributed by atoms with Gasteiger partial charge in [0.1, 0.15) is 18.2 Å². The highest BCUT2D eigenvalue weighted by molar-refractivity contribution is 5.39. The lowest BCUT2D eigenvalue weighted by molar-refractivity contribution is -0.0168. The number of ether oxygens (including phenoxy) is 2. The van der Waals surface area contributed by atoms with Crippen LogP contribution >= 0.6 is 0 Å². The van der Waals surface area contributed by atoms with Gasteiger partial charge in [-0.15, -0.1) is 0 Å². The second-order valence-corrected chi connectivity index (χ2v) is 6.46. The van der Waals surface area contributed by atoms with E-state index in [9.17, 15) is 0 Å². The van der Waals surface area contributed by atoms with Gasteiger partial charge in [-0.05, 0) is 40.0 Å². The Balaban J connectivity index is 1.92. The molecule has 0 amide bonds. The minimum atomic E-state index is -0.137. The van der Waals surface area contributed by atoms with Gasteiger partial charge in [0.2, 0.25) is 5.88 Å². The van der Waals surface area contributed by atoms with Crippen molar-refractivity contribution >= 4 is 5.82 Å². The summed E-state index contributed by atoms with van der Waals surface area (Å²) in [4.78, 5) is 9.08. The molecule has 0 aliphatic heterocycles. The van der Waals surface area contributed by atoms with Crippen molar-refractivity contribution in [1.82, 2.24) is 9.97 Å². The van der Waals surface area contributed by atoms with Crippen LogP contribution in [0.4, 0.5) is 5.82 Å². The SMILES string of the molecule is CCCNc1cc(OCCOC(C)(C)C)nc(C2CC2)n1. The molecule has 1 heterocycles. The predicted molar refractivity (Wildman–Crippen MR) is 84.0 cm³/mol. The summed E-state index contributed by atoms with van der Waals surface area (Å²) < 4.78 is 11.4. The van der Waals surface area contributed by atoms with E-state index >= 15 is 0 Å². The van der Waals surface area contributed by atoms with Crippen LogP contribution in [0.5, 0.6) is 5.88 Å². The first kappa shape index (κ1) is 16.0. The van der Waals surface area contributed by atoms with Crippen molar-refractivity contribution in [3.63, 3.8) is 0 Å². The van der Waals surface area contributed by atoms with Gasteiger partial charge in [-0.2, -0.15) is 4.98 Å². The van der Waals surface area contributed by atoms with Crippen molar-refractivity contribution in [3.05, 3.63) is 11.9 Å². The molecule has 0 spiro atoms. The van der Waals surface area contributed by atoms with Crippen molar-refractivity contribution < 1.29 is 9.47 Å². The zero-order chi connectivity index (χ0) is 15.3. The van der Waals surface area contributed by atoms with Gasteiger partial charge in [0.25, 0.3) is 0 Å². The van der Waals surface area contributed by atoms with Crippen LogP contribution in [0.1, 0.15) is 58.7 Å². The van der Waals surface area contributed by atoms with E-state index in [1.165, 1.54) is 12.8 Å². The molecular formula is C16H27N3O2. The highest BCUT2D eigenvalue weighted by Crippen LogP contribution is 2.39. The number of anilines is 1. The molecule has 0 aromatic carbocycles. The zero-order valence-electron chi connectivity index (χ0n) is 13.6. The minimum Gasteiger partial charge on any atom is -0.475 e. The lowest BCUT2D eigenvalue weighted by atomic mass is 10.2. The van der Waals surface area contributed by atoms with Gasteiger partial charge in [-0.1, -0.05) is 6.92 Å². The second-order valence-electron chi connectivity index (χ2n) is 6.46. The Morgan fingerprint density at radius 2 is 2.00 bits per heavy atom. The highest BCUT2D eigenvalue weighted by Gasteiger charge is 2.27. The summed E-state index contributed by atoms with van der Waals surface area (Å²) in [6.07, 6.45) is 3.44. The Morgan fingerprint density at radius 3 is 2.62 bits per heavy atom. The molecule has 1 N–H and O–H groups in total. The van der Waals surface area contributed by atoms with Gasteiger partial charge in [0.05, 0.1) is 12.2 Å². The third-order valence-corrected chi connectivity index (χ3v) is 3.09. The molecule has 0 saturated heterocycles. The summed E-state index contributed by atoms with van der Waals surface area (Å²) >= 11 is 0. The normalized spacial score (nSPS) is 15.0. The summed E-state index contributed by atoms with van der Waals surface area (Å²) in [5.74, 6) is 2.92. The van der Waals surface area contributed by atoms with E-state index in [4.69, 9.17) is 9.47 Å². The number of hydrogen-bond acceptors (Lipinski definition) is 5. The van der Waals surface area contributed by atoms with Crippen molar-refractivity contribution in [2.24, 2.45) is 0 Å². The fraction of sp³-hybridized carbons (Fsp3) is 0.750. The van der Waals surface area contributed by atoms with Crippen LogP contribution in [-0.2, 0) is 4.74 Å². The molecule has 1 saturated carbocycles.